The Hall–Kier alpha value is -2.59. The molecule has 0 amide bonds. The maximum Gasteiger partial charge on any atom is 0.115 e. The van der Waals surface area contributed by atoms with E-state index in [0.717, 1.165) is 24.1 Å². The average Bonchev–Trinajstić information content (AvgIpc) is 3.12. The summed E-state index contributed by atoms with van der Waals surface area (Å²) >= 11 is 0. The first-order chi connectivity index (χ1) is 11.3. The Balaban J connectivity index is 1.88. The Bertz CT molecular complexity index is 718. The lowest BCUT2D eigenvalue weighted by molar-refractivity contribution is 0.475. The van der Waals surface area contributed by atoms with Crippen LogP contribution in [0.4, 0.5) is 0 Å². The van der Waals surface area contributed by atoms with Crippen molar-refractivity contribution in [3.63, 3.8) is 0 Å². The molecule has 0 saturated carbocycles. The normalized spacial score (nSPS) is 12.2. The third-order valence-corrected chi connectivity index (χ3v) is 4.12. The highest BCUT2D eigenvalue weighted by atomic mass is 16.3. The molecule has 1 aromatic heterocycles. The van der Waals surface area contributed by atoms with Gasteiger partial charge in [-0.1, -0.05) is 36.4 Å². The second-order valence-electron chi connectivity index (χ2n) is 5.65. The van der Waals surface area contributed by atoms with Crippen molar-refractivity contribution in [1.82, 2.24) is 15.5 Å². The third kappa shape index (κ3) is 3.60. The zero-order chi connectivity index (χ0) is 16.1. The van der Waals surface area contributed by atoms with Gasteiger partial charge in [0.2, 0.25) is 0 Å². The quantitative estimate of drug-likeness (QED) is 0.653. The van der Waals surface area contributed by atoms with E-state index in [0.29, 0.717) is 11.7 Å². The smallest absolute Gasteiger partial charge is 0.115 e. The highest BCUT2D eigenvalue weighted by Crippen LogP contribution is 2.30. The Morgan fingerprint density at radius 2 is 1.65 bits per heavy atom. The average molecular weight is 307 g/mol. The highest BCUT2D eigenvalue weighted by Gasteiger charge is 2.14. The number of rotatable bonds is 6. The number of benzene rings is 2. The number of aromatic hydroxyl groups is 1. The van der Waals surface area contributed by atoms with Gasteiger partial charge in [-0.05, 0) is 48.8 Å². The zero-order valence-electron chi connectivity index (χ0n) is 13.2. The Kier molecular flexibility index (Phi) is 4.74. The van der Waals surface area contributed by atoms with Crippen LogP contribution in [0.2, 0.25) is 0 Å². The first-order valence-corrected chi connectivity index (χ1v) is 7.80. The molecule has 0 radical (unpaired) electrons. The summed E-state index contributed by atoms with van der Waals surface area (Å²) in [6.45, 7) is 0.940. The van der Waals surface area contributed by atoms with Gasteiger partial charge in [0.25, 0.3) is 0 Å². The van der Waals surface area contributed by atoms with Gasteiger partial charge >= 0.3 is 0 Å². The summed E-state index contributed by atoms with van der Waals surface area (Å²) in [5.41, 5.74) is 4.74. The highest BCUT2D eigenvalue weighted by molar-refractivity contribution is 5.62. The van der Waals surface area contributed by atoms with E-state index >= 15 is 0 Å². The number of H-pyrrole nitrogens is 1. The van der Waals surface area contributed by atoms with Gasteiger partial charge < -0.3 is 10.4 Å². The lowest BCUT2D eigenvalue weighted by Crippen LogP contribution is -2.13. The molecule has 0 fully saturated rings. The van der Waals surface area contributed by atoms with Crippen LogP contribution < -0.4 is 5.32 Å². The van der Waals surface area contributed by atoms with Gasteiger partial charge in [-0.15, -0.1) is 0 Å². The Morgan fingerprint density at radius 1 is 1.00 bits per heavy atom. The molecule has 3 aromatic rings. The molecule has 0 aliphatic rings. The minimum Gasteiger partial charge on any atom is -0.508 e. The number of aromatic amines is 1. The van der Waals surface area contributed by atoms with Gasteiger partial charge in [-0.25, -0.2) is 0 Å². The fraction of sp³-hybridized carbons (Fsp3) is 0.211. The molecule has 0 aliphatic heterocycles. The largest absolute Gasteiger partial charge is 0.508 e. The first kappa shape index (κ1) is 15.3. The molecule has 4 nitrogen and oxygen atoms in total. The zero-order valence-corrected chi connectivity index (χ0v) is 13.2. The van der Waals surface area contributed by atoms with Crippen molar-refractivity contribution in [3.8, 4) is 16.9 Å². The van der Waals surface area contributed by atoms with Crippen LogP contribution in [0.3, 0.4) is 0 Å². The predicted molar refractivity (Wildman–Crippen MR) is 92.5 cm³/mol. The number of hydrogen-bond donors (Lipinski definition) is 3. The first-order valence-electron chi connectivity index (χ1n) is 7.80. The summed E-state index contributed by atoms with van der Waals surface area (Å²) in [7, 11) is 1.97. The van der Waals surface area contributed by atoms with Crippen LogP contribution in [0, 0.1) is 0 Å². The van der Waals surface area contributed by atoms with E-state index in [2.05, 4.69) is 39.8 Å². The van der Waals surface area contributed by atoms with Gasteiger partial charge in [-0.3, -0.25) is 5.10 Å². The molecule has 0 aliphatic carbocycles. The molecule has 23 heavy (non-hydrogen) atoms. The third-order valence-electron chi connectivity index (χ3n) is 4.12. The van der Waals surface area contributed by atoms with Crippen LogP contribution in [0.25, 0.3) is 11.1 Å². The van der Waals surface area contributed by atoms with Gasteiger partial charge in [0.1, 0.15) is 5.75 Å². The van der Waals surface area contributed by atoms with Gasteiger partial charge in [-0.2, -0.15) is 5.10 Å². The van der Waals surface area contributed by atoms with Crippen LogP contribution in [0.15, 0.2) is 60.9 Å². The maximum absolute atomic E-state index is 9.51. The van der Waals surface area contributed by atoms with E-state index in [4.69, 9.17) is 0 Å². The van der Waals surface area contributed by atoms with Crippen molar-refractivity contribution in [2.75, 3.05) is 13.6 Å². The molecule has 1 atom stereocenters. The molecule has 4 heteroatoms. The summed E-state index contributed by atoms with van der Waals surface area (Å²) in [4.78, 5) is 0. The SMILES string of the molecule is CNCCC(c1ccc(O)cc1)c1ccc(-c2cn[nH]c2)cc1. The van der Waals surface area contributed by atoms with Gasteiger partial charge in [0, 0.05) is 17.7 Å². The molecule has 0 saturated heterocycles. The minimum absolute atomic E-state index is 0.302. The van der Waals surface area contributed by atoms with Crippen molar-refractivity contribution in [3.05, 3.63) is 72.1 Å². The van der Waals surface area contributed by atoms with Crippen LogP contribution in [0.1, 0.15) is 23.5 Å². The van der Waals surface area contributed by atoms with Crippen LogP contribution in [0.5, 0.6) is 5.75 Å². The van der Waals surface area contributed by atoms with E-state index in [1.807, 2.05) is 31.6 Å². The van der Waals surface area contributed by atoms with E-state index in [1.165, 1.54) is 11.1 Å². The van der Waals surface area contributed by atoms with Crippen LogP contribution in [-0.4, -0.2) is 28.9 Å². The van der Waals surface area contributed by atoms with Gasteiger partial charge in [0.05, 0.1) is 6.20 Å². The topological polar surface area (TPSA) is 60.9 Å². The van der Waals surface area contributed by atoms with E-state index in [1.54, 1.807) is 12.1 Å². The molecular weight excluding hydrogens is 286 g/mol. The van der Waals surface area contributed by atoms with Crippen LogP contribution in [-0.2, 0) is 0 Å². The number of phenolic OH excluding ortho intramolecular Hbond substituents is 1. The van der Waals surface area contributed by atoms with Crippen molar-refractivity contribution in [2.45, 2.75) is 12.3 Å². The molecule has 1 unspecified atom stereocenters. The monoisotopic (exact) mass is 307 g/mol. The molecule has 118 valence electrons. The molecule has 3 N–H and O–H groups in total. The molecule has 2 aromatic carbocycles. The molecule has 0 spiro atoms. The second kappa shape index (κ2) is 7.11. The molecular formula is C19H21N3O. The Labute approximate surface area is 136 Å². The number of phenols is 1. The standard InChI is InChI=1S/C19H21N3O/c1-20-11-10-19(16-6-8-18(23)9-7-16)15-4-2-14(3-5-15)17-12-21-22-13-17/h2-9,12-13,19-20,23H,10-11H2,1H3,(H,21,22). The van der Waals surface area contributed by atoms with Crippen LogP contribution >= 0.6 is 0 Å². The summed E-state index contributed by atoms with van der Waals surface area (Å²) in [5.74, 6) is 0.609. The number of aromatic nitrogens is 2. The van der Waals surface area contributed by atoms with Crippen molar-refractivity contribution >= 4 is 0 Å². The summed E-state index contributed by atoms with van der Waals surface area (Å²) in [6.07, 6.45) is 4.73. The lowest BCUT2D eigenvalue weighted by Gasteiger charge is -2.18. The summed E-state index contributed by atoms with van der Waals surface area (Å²) in [5, 5.41) is 19.6. The number of nitrogens with one attached hydrogen (secondary N) is 2. The molecule has 3 rings (SSSR count). The molecule has 1 heterocycles. The second-order valence-corrected chi connectivity index (χ2v) is 5.65. The van der Waals surface area contributed by atoms with Crippen molar-refractivity contribution < 1.29 is 5.11 Å². The summed E-state index contributed by atoms with van der Waals surface area (Å²) in [6, 6.07) is 16.1. The number of hydrogen-bond acceptors (Lipinski definition) is 3. The van der Waals surface area contributed by atoms with E-state index in [-0.39, 0.29) is 0 Å². The lowest BCUT2D eigenvalue weighted by atomic mass is 9.87. The number of nitrogens with zero attached hydrogens (tertiary/aromatic N) is 1. The summed E-state index contributed by atoms with van der Waals surface area (Å²) < 4.78 is 0. The van der Waals surface area contributed by atoms with E-state index in [9.17, 15) is 5.11 Å². The molecule has 0 bridgehead atoms. The maximum atomic E-state index is 9.51. The Morgan fingerprint density at radius 3 is 2.22 bits per heavy atom. The van der Waals surface area contributed by atoms with Crippen molar-refractivity contribution in [2.24, 2.45) is 0 Å². The minimum atomic E-state index is 0.302. The fourth-order valence-electron chi connectivity index (χ4n) is 2.84. The fourth-order valence-corrected chi connectivity index (χ4v) is 2.84. The van der Waals surface area contributed by atoms with Crippen molar-refractivity contribution in [1.29, 1.82) is 0 Å². The van der Waals surface area contributed by atoms with Gasteiger partial charge in [0.15, 0.2) is 0 Å². The predicted octanol–water partition coefficient (Wildman–Crippen LogP) is 3.52. The van der Waals surface area contributed by atoms with E-state index < -0.39 is 0 Å².